The van der Waals surface area contributed by atoms with Gasteiger partial charge in [-0.2, -0.15) is 0 Å². The topological polar surface area (TPSA) is 29.3 Å². The second kappa shape index (κ2) is 5.81. The summed E-state index contributed by atoms with van der Waals surface area (Å²) in [5, 5.41) is 0. The van der Waals surface area contributed by atoms with Crippen LogP contribution in [0, 0.1) is 0 Å². The maximum Gasteiger partial charge on any atom is 0.0476 e. The Bertz CT molecular complexity index is 395. The first-order chi connectivity index (χ1) is 7.69. The van der Waals surface area contributed by atoms with Crippen molar-refractivity contribution in [2.24, 2.45) is 5.73 Å². The second-order valence-electron chi connectivity index (χ2n) is 3.60. The number of hydrogen-bond donors (Lipinski definition) is 1. The fourth-order valence-corrected chi connectivity index (χ4v) is 1.48. The largest absolute Gasteiger partial charge is 0.405 e. The van der Waals surface area contributed by atoms with Gasteiger partial charge in [-0.1, -0.05) is 31.4 Å². The van der Waals surface area contributed by atoms with Crippen LogP contribution in [0.1, 0.15) is 6.92 Å². The van der Waals surface area contributed by atoms with Crippen LogP contribution in [0.5, 0.6) is 0 Å². The summed E-state index contributed by atoms with van der Waals surface area (Å²) in [5.74, 6) is 0. The van der Waals surface area contributed by atoms with Crippen molar-refractivity contribution in [1.82, 2.24) is 4.90 Å². The third kappa shape index (κ3) is 3.02. The highest BCUT2D eigenvalue weighted by Crippen LogP contribution is 2.19. The first-order valence-electron chi connectivity index (χ1n) is 5.20. The highest BCUT2D eigenvalue weighted by atomic mass is 15.1. The van der Waals surface area contributed by atoms with Crippen molar-refractivity contribution in [2.45, 2.75) is 6.92 Å². The molecule has 1 heterocycles. The van der Waals surface area contributed by atoms with E-state index in [1.54, 1.807) is 6.08 Å². The van der Waals surface area contributed by atoms with Crippen molar-refractivity contribution in [2.75, 3.05) is 6.54 Å². The Hall–Kier alpha value is -1.96. The van der Waals surface area contributed by atoms with Crippen LogP contribution in [-0.2, 0) is 0 Å². The van der Waals surface area contributed by atoms with Crippen LogP contribution in [0.2, 0.25) is 0 Å². The molecule has 0 atom stereocenters. The third-order valence-electron chi connectivity index (χ3n) is 2.41. The smallest absolute Gasteiger partial charge is 0.0476 e. The summed E-state index contributed by atoms with van der Waals surface area (Å²) in [5.41, 5.74) is 8.69. The minimum atomic E-state index is 0.750. The summed E-state index contributed by atoms with van der Waals surface area (Å²) in [4.78, 5) is 2.09. The number of rotatable bonds is 4. The molecule has 1 rings (SSSR count). The highest BCUT2D eigenvalue weighted by Gasteiger charge is 2.09. The van der Waals surface area contributed by atoms with Crippen molar-refractivity contribution in [3.63, 3.8) is 0 Å². The lowest BCUT2D eigenvalue weighted by atomic mass is 10.1. The van der Waals surface area contributed by atoms with Gasteiger partial charge in [0.2, 0.25) is 0 Å². The summed E-state index contributed by atoms with van der Waals surface area (Å²) in [7, 11) is 0. The molecule has 2 heteroatoms. The molecular formula is C14H18N2. The van der Waals surface area contributed by atoms with E-state index in [0.29, 0.717) is 0 Å². The predicted molar refractivity (Wildman–Crippen MR) is 70.4 cm³/mol. The zero-order valence-corrected chi connectivity index (χ0v) is 9.69. The molecule has 2 nitrogen and oxygen atoms in total. The Morgan fingerprint density at radius 3 is 2.94 bits per heavy atom. The molecule has 0 saturated carbocycles. The van der Waals surface area contributed by atoms with Gasteiger partial charge in [0.25, 0.3) is 0 Å². The van der Waals surface area contributed by atoms with Gasteiger partial charge in [-0.25, -0.2) is 0 Å². The fraction of sp³-hybridized carbons (Fsp3) is 0.143. The van der Waals surface area contributed by atoms with Crippen LogP contribution in [0.4, 0.5) is 0 Å². The van der Waals surface area contributed by atoms with E-state index in [-0.39, 0.29) is 0 Å². The second-order valence-corrected chi connectivity index (χ2v) is 3.60. The molecule has 0 saturated heterocycles. The van der Waals surface area contributed by atoms with Crippen LogP contribution >= 0.6 is 0 Å². The molecular weight excluding hydrogens is 196 g/mol. The Balaban J connectivity index is 2.77. The van der Waals surface area contributed by atoms with Gasteiger partial charge in [0.1, 0.15) is 0 Å². The van der Waals surface area contributed by atoms with Crippen molar-refractivity contribution < 1.29 is 0 Å². The summed E-state index contributed by atoms with van der Waals surface area (Å²) < 4.78 is 0. The van der Waals surface area contributed by atoms with Crippen LogP contribution in [0.15, 0.2) is 72.8 Å². The monoisotopic (exact) mass is 214 g/mol. The van der Waals surface area contributed by atoms with Gasteiger partial charge in [-0.05, 0) is 36.4 Å². The summed E-state index contributed by atoms with van der Waals surface area (Å²) >= 11 is 0. The van der Waals surface area contributed by atoms with E-state index in [1.165, 1.54) is 11.8 Å². The lowest BCUT2D eigenvalue weighted by Gasteiger charge is -2.26. The molecule has 2 N–H and O–H groups in total. The van der Waals surface area contributed by atoms with Gasteiger partial charge >= 0.3 is 0 Å². The van der Waals surface area contributed by atoms with Gasteiger partial charge in [-0.15, -0.1) is 0 Å². The third-order valence-corrected chi connectivity index (χ3v) is 2.41. The molecule has 16 heavy (non-hydrogen) atoms. The number of nitrogens with two attached hydrogens (primary N) is 1. The number of hydrogen-bond acceptors (Lipinski definition) is 2. The molecule has 0 aromatic heterocycles. The molecule has 0 aliphatic carbocycles. The molecule has 0 spiro atoms. The molecule has 0 bridgehead atoms. The van der Waals surface area contributed by atoms with E-state index in [9.17, 15) is 0 Å². The maximum absolute atomic E-state index is 5.40. The van der Waals surface area contributed by atoms with E-state index >= 15 is 0 Å². The molecule has 0 unspecified atom stereocenters. The number of nitrogens with zero attached hydrogens (tertiary/aromatic N) is 1. The van der Waals surface area contributed by atoms with Gasteiger partial charge < -0.3 is 10.6 Å². The van der Waals surface area contributed by atoms with Crippen LogP contribution < -0.4 is 5.73 Å². The van der Waals surface area contributed by atoms with Gasteiger partial charge in [0.05, 0.1) is 0 Å². The van der Waals surface area contributed by atoms with Crippen molar-refractivity contribution in [3.05, 3.63) is 72.8 Å². The predicted octanol–water partition coefficient (Wildman–Crippen LogP) is 2.86. The van der Waals surface area contributed by atoms with Gasteiger partial charge in [0.15, 0.2) is 0 Å². The SMILES string of the molecule is C=C/C=C(\C=C/N)CN1C=CC=C(C)C1=C. The summed E-state index contributed by atoms with van der Waals surface area (Å²) in [6.45, 7) is 10.5. The van der Waals surface area contributed by atoms with Crippen LogP contribution in [0.3, 0.4) is 0 Å². The molecule has 0 aromatic rings. The number of allylic oxidation sites excluding steroid dienone is 5. The molecule has 1 aliphatic heterocycles. The Morgan fingerprint density at radius 1 is 1.56 bits per heavy atom. The summed E-state index contributed by atoms with van der Waals surface area (Å²) in [6.07, 6.45) is 13.2. The average molecular weight is 214 g/mol. The highest BCUT2D eigenvalue weighted by molar-refractivity contribution is 5.36. The first-order valence-corrected chi connectivity index (χ1v) is 5.20. The molecule has 0 aromatic carbocycles. The molecule has 0 radical (unpaired) electrons. The Labute approximate surface area is 97.4 Å². The minimum absolute atomic E-state index is 0.750. The molecule has 0 fully saturated rings. The minimum Gasteiger partial charge on any atom is -0.405 e. The van der Waals surface area contributed by atoms with E-state index < -0.39 is 0 Å². The lowest BCUT2D eigenvalue weighted by molar-refractivity contribution is 0.514. The van der Waals surface area contributed by atoms with E-state index in [0.717, 1.165) is 17.8 Å². The normalized spacial score (nSPS) is 16.8. The van der Waals surface area contributed by atoms with Crippen molar-refractivity contribution >= 4 is 0 Å². The van der Waals surface area contributed by atoms with Crippen molar-refractivity contribution in [3.8, 4) is 0 Å². The molecule has 84 valence electrons. The maximum atomic E-state index is 5.40. The van der Waals surface area contributed by atoms with Crippen LogP contribution in [-0.4, -0.2) is 11.4 Å². The van der Waals surface area contributed by atoms with E-state index in [4.69, 9.17) is 5.73 Å². The Kier molecular flexibility index (Phi) is 4.40. The van der Waals surface area contributed by atoms with Crippen LogP contribution in [0.25, 0.3) is 0 Å². The summed E-state index contributed by atoms with van der Waals surface area (Å²) in [6, 6.07) is 0. The molecule has 0 amide bonds. The van der Waals surface area contributed by atoms with Gasteiger partial charge in [-0.3, -0.25) is 0 Å². The lowest BCUT2D eigenvalue weighted by Crippen LogP contribution is -2.20. The zero-order chi connectivity index (χ0) is 12.0. The van der Waals surface area contributed by atoms with E-state index in [2.05, 4.69) is 31.1 Å². The first kappa shape index (κ1) is 12.1. The van der Waals surface area contributed by atoms with E-state index in [1.807, 2.05) is 24.4 Å². The fourth-order valence-electron chi connectivity index (χ4n) is 1.48. The quantitative estimate of drug-likeness (QED) is 0.729. The molecule has 1 aliphatic rings. The standard InChI is InChI=1S/C14H18N2/c1-4-6-14(8-9-15)11-16-10-5-7-12(2)13(16)3/h4-10H,1,3,11,15H2,2H3/b9-8-,14-6+. The van der Waals surface area contributed by atoms with Crippen molar-refractivity contribution in [1.29, 1.82) is 0 Å². The Morgan fingerprint density at radius 2 is 2.31 bits per heavy atom. The zero-order valence-electron chi connectivity index (χ0n) is 9.69. The van der Waals surface area contributed by atoms with Gasteiger partial charge in [0, 0.05) is 18.4 Å². The average Bonchev–Trinajstić information content (AvgIpc) is 2.25.